The van der Waals surface area contributed by atoms with Crippen molar-refractivity contribution in [1.29, 1.82) is 0 Å². The smallest absolute Gasteiger partial charge is 0.350 e. The fraction of sp³-hybridized carbons (Fsp3) is 0.353. The third-order valence-corrected chi connectivity index (χ3v) is 7.64. The molecule has 2 aromatic rings. The first-order valence-corrected chi connectivity index (χ1v) is 11.5. The van der Waals surface area contributed by atoms with Crippen LogP contribution in [0.15, 0.2) is 45.5 Å². The predicted octanol–water partition coefficient (Wildman–Crippen LogP) is 2.85. The molecule has 2 heterocycles. The van der Waals surface area contributed by atoms with E-state index in [9.17, 15) is 13.2 Å². The topological polar surface area (TPSA) is 72.9 Å². The molecule has 1 aromatic heterocycles. The molecule has 0 atom stereocenters. The molecule has 0 bridgehead atoms. The van der Waals surface area contributed by atoms with E-state index >= 15 is 0 Å². The van der Waals surface area contributed by atoms with E-state index in [-0.39, 0.29) is 29.5 Å². The van der Waals surface area contributed by atoms with Gasteiger partial charge in [-0.1, -0.05) is 12.1 Å². The Hall–Kier alpha value is -1.39. The second-order valence-corrected chi connectivity index (χ2v) is 9.26. The first kappa shape index (κ1) is 19.4. The van der Waals surface area contributed by atoms with Crippen LogP contribution in [0.5, 0.6) is 0 Å². The number of benzene rings is 1. The van der Waals surface area contributed by atoms with Gasteiger partial charge >= 0.3 is 5.97 Å². The standard InChI is InChI=1S/C17H19NO5S3/c1-24-14-4-2-13(3-5-14)12-23-17(19)16-15(6-11-25-16)26(20,21)18-7-9-22-10-8-18/h2-6,11H,7-10,12H2,1H3. The molecule has 1 saturated heterocycles. The number of ether oxygens (including phenoxy) is 2. The van der Waals surface area contributed by atoms with E-state index in [0.717, 1.165) is 21.8 Å². The number of nitrogens with zero attached hydrogens (tertiary/aromatic N) is 1. The first-order chi connectivity index (χ1) is 12.5. The van der Waals surface area contributed by atoms with Crippen molar-refractivity contribution >= 4 is 39.1 Å². The minimum Gasteiger partial charge on any atom is -0.457 e. The van der Waals surface area contributed by atoms with Crippen LogP contribution in [-0.2, 0) is 26.1 Å². The van der Waals surface area contributed by atoms with Gasteiger partial charge in [0.2, 0.25) is 10.0 Å². The van der Waals surface area contributed by atoms with Gasteiger partial charge in [0.05, 0.1) is 13.2 Å². The summed E-state index contributed by atoms with van der Waals surface area (Å²) in [5.74, 6) is -0.624. The van der Waals surface area contributed by atoms with Crippen molar-refractivity contribution in [2.45, 2.75) is 16.4 Å². The zero-order valence-corrected chi connectivity index (χ0v) is 16.7. The summed E-state index contributed by atoms with van der Waals surface area (Å²) in [6.45, 7) is 1.38. The second kappa shape index (κ2) is 8.53. The van der Waals surface area contributed by atoms with Crippen molar-refractivity contribution in [2.24, 2.45) is 0 Å². The number of hydrogen-bond acceptors (Lipinski definition) is 7. The third-order valence-electron chi connectivity index (χ3n) is 3.93. The molecular formula is C17H19NO5S3. The van der Waals surface area contributed by atoms with Crippen LogP contribution in [0.2, 0.25) is 0 Å². The lowest BCUT2D eigenvalue weighted by atomic mass is 10.2. The van der Waals surface area contributed by atoms with Gasteiger partial charge in [0.1, 0.15) is 16.4 Å². The number of rotatable bonds is 6. The van der Waals surface area contributed by atoms with E-state index in [4.69, 9.17) is 9.47 Å². The third kappa shape index (κ3) is 4.29. The Kier molecular flexibility index (Phi) is 6.36. The molecule has 0 amide bonds. The van der Waals surface area contributed by atoms with Crippen molar-refractivity contribution in [3.8, 4) is 0 Å². The summed E-state index contributed by atoms with van der Waals surface area (Å²) in [6, 6.07) is 9.14. The fourth-order valence-corrected chi connectivity index (χ4v) is 5.61. The highest BCUT2D eigenvalue weighted by Gasteiger charge is 2.31. The Balaban J connectivity index is 1.71. The molecule has 0 spiro atoms. The monoisotopic (exact) mass is 413 g/mol. The number of carbonyl (C=O) groups excluding carboxylic acids is 1. The molecule has 140 valence electrons. The van der Waals surface area contributed by atoms with Crippen molar-refractivity contribution in [1.82, 2.24) is 4.31 Å². The molecule has 0 aliphatic carbocycles. The number of thiophene rings is 1. The normalized spacial score (nSPS) is 15.7. The largest absolute Gasteiger partial charge is 0.457 e. The molecule has 1 fully saturated rings. The molecule has 9 heteroatoms. The highest BCUT2D eigenvalue weighted by Crippen LogP contribution is 2.27. The van der Waals surface area contributed by atoms with Crippen LogP contribution in [0.4, 0.5) is 0 Å². The van der Waals surface area contributed by atoms with Crippen molar-refractivity contribution in [3.05, 3.63) is 46.2 Å². The van der Waals surface area contributed by atoms with Gasteiger partial charge in [-0.3, -0.25) is 0 Å². The molecular weight excluding hydrogens is 394 g/mol. The lowest BCUT2D eigenvalue weighted by Crippen LogP contribution is -2.40. The maximum atomic E-state index is 12.8. The molecule has 6 nitrogen and oxygen atoms in total. The molecule has 26 heavy (non-hydrogen) atoms. The Morgan fingerprint density at radius 1 is 1.23 bits per heavy atom. The lowest BCUT2D eigenvalue weighted by Gasteiger charge is -2.25. The van der Waals surface area contributed by atoms with E-state index in [1.807, 2.05) is 30.5 Å². The van der Waals surface area contributed by atoms with Crippen molar-refractivity contribution in [2.75, 3.05) is 32.6 Å². The predicted molar refractivity (Wildman–Crippen MR) is 101 cm³/mol. The minimum atomic E-state index is -3.73. The summed E-state index contributed by atoms with van der Waals surface area (Å²) < 4.78 is 37.4. The molecule has 0 saturated carbocycles. The van der Waals surface area contributed by atoms with Gasteiger partial charge in [-0.05, 0) is 35.4 Å². The summed E-state index contributed by atoms with van der Waals surface area (Å²) in [6.07, 6.45) is 1.99. The molecule has 0 N–H and O–H groups in total. The Morgan fingerprint density at radius 2 is 1.92 bits per heavy atom. The summed E-state index contributed by atoms with van der Waals surface area (Å²) >= 11 is 2.71. The average Bonchev–Trinajstić information content (AvgIpc) is 3.18. The van der Waals surface area contributed by atoms with Crippen LogP contribution in [0.3, 0.4) is 0 Å². The highest BCUT2D eigenvalue weighted by atomic mass is 32.2. The number of morpholine rings is 1. The van der Waals surface area contributed by atoms with Gasteiger partial charge in [-0.15, -0.1) is 23.1 Å². The minimum absolute atomic E-state index is 0.00660. The van der Waals surface area contributed by atoms with Gasteiger partial charge < -0.3 is 9.47 Å². The van der Waals surface area contributed by atoms with E-state index in [1.165, 1.54) is 10.4 Å². The highest BCUT2D eigenvalue weighted by molar-refractivity contribution is 7.98. The van der Waals surface area contributed by atoms with Gasteiger partial charge in [0.15, 0.2) is 0 Å². The summed E-state index contributed by atoms with van der Waals surface area (Å²) in [4.78, 5) is 13.7. The molecule has 0 radical (unpaired) electrons. The molecule has 1 aliphatic heterocycles. The zero-order valence-electron chi connectivity index (χ0n) is 14.2. The van der Waals surface area contributed by atoms with Gasteiger partial charge in [0.25, 0.3) is 0 Å². The number of esters is 1. The first-order valence-electron chi connectivity index (χ1n) is 7.98. The van der Waals surface area contributed by atoms with Crippen LogP contribution >= 0.6 is 23.1 Å². The van der Waals surface area contributed by atoms with E-state index < -0.39 is 16.0 Å². The summed E-state index contributed by atoms with van der Waals surface area (Å²) in [7, 11) is -3.73. The fourth-order valence-electron chi connectivity index (χ4n) is 2.51. The Labute approximate surface area is 161 Å². The Morgan fingerprint density at radius 3 is 2.58 bits per heavy atom. The van der Waals surface area contributed by atoms with Gasteiger partial charge in [0, 0.05) is 18.0 Å². The number of hydrogen-bond donors (Lipinski definition) is 0. The van der Waals surface area contributed by atoms with E-state index in [2.05, 4.69) is 0 Å². The molecule has 1 aliphatic rings. The van der Waals surface area contributed by atoms with Crippen LogP contribution < -0.4 is 0 Å². The molecule has 0 unspecified atom stereocenters. The summed E-state index contributed by atoms with van der Waals surface area (Å²) in [5, 5.41) is 1.59. The van der Waals surface area contributed by atoms with Crippen LogP contribution in [0, 0.1) is 0 Å². The van der Waals surface area contributed by atoms with Crippen molar-refractivity contribution < 1.29 is 22.7 Å². The SMILES string of the molecule is CSc1ccc(COC(=O)c2sccc2S(=O)(=O)N2CCOCC2)cc1. The maximum Gasteiger partial charge on any atom is 0.350 e. The molecule has 3 rings (SSSR count). The van der Waals surface area contributed by atoms with E-state index in [0.29, 0.717) is 13.2 Å². The number of thioether (sulfide) groups is 1. The van der Waals surface area contributed by atoms with Crippen molar-refractivity contribution in [3.63, 3.8) is 0 Å². The quantitative estimate of drug-likeness (QED) is 0.536. The molecule has 1 aromatic carbocycles. The average molecular weight is 414 g/mol. The van der Waals surface area contributed by atoms with Gasteiger partial charge in [-0.25, -0.2) is 13.2 Å². The lowest BCUT2D eigenvalue weighted by molar-refractivity contribution is 0.0473. The second-order valence-electron chi connectivity index (χ2n) is 5.55. The van der Waals surface area contributed by atoms with Gasteiger partial charge in [-0.2, -0.15) is 4.31 Å². The van der Waals surface area contributed by atoms with E-state index in [1.54, 1.807) is 17.1 Å². The Bertz CT molecular complexity index is 855. The maximum absolute atomic E-state index is 12.8. The number of carbonyl (C=O) groups is 1. The zero-order chi connectivity index (χ0) is 18.6. The number of sulfonamides is 1. The van der Waals surface area contributed by atoms with Crippen LogP contribution in [-0.4, -0.2) is 51.3 Å². The van der Waals surface area contributed by atoms with Crippen LogP contribution in [0.1, 0.15) is 15.2 Å². The summed E-state index contributed by atoms with van der Waals surface area (Å²) in [5.41, 5.74) is 0.852. The van der Waals surface area contributed by atoms with Crippen LogP contribution in [0.25, 0.3) is 0 Å².